The van der Waals surface area contributed by atoms with Gasteiger partial charge in [-0.25, -0.2) is 0 Å². The van der Waals surface area contributed by atoms with E-state index in [9.17, 15) is 4.79 Å². The molecule has 3 nitrogen and oxygen atoms in total. The highest BCUT2D eigenvalue weighted by Gasteiger charge is 2.30. The molecule has 0 aromatic carbocycles. The first-order valence-corrected chi connectivity index (χ1v) is 4.38. The molecule has 0 aliphatic carbocycles. The summed E-state index contributed by atoms with van der Waals surface area (Å²) >= 11 is 0. The van der Waals surface area contributed by atoms with Crippen molar-refractivity contribution in [2.45, 2.75) is 32.2 Å². The van der Waals surface area contributed by atoms with Gasteiger partial charge in [0.25, 0.3) is 0 Å². The van der Waals surface area contributed by atoms with Crippen LogP contribution < -0.4 is 5.32 Å². The average molecular weight is 171 g/mol. The summed E-state index contributed by atoms with van der Waals surface area (Å²) in [6, 6.07) is 0. The molecule has 0 unspecified atom stereocenters. The zero-order valence-electron chi connectivity index (χ0n) is 8.02. The van der Waals surface area contributed by atoms with Gasteiger partial charge in [0.2, 0.25) is 0 Å². The number of esters is 1. The van der Waals surface area contributed by atoms with Crippen LogP contribution in [-0.4, -0.2) is 25.2 Å². The summed E-state index contributed by atoms with van der Waals surface area (Å²) in [5.41, 5.74) is 0.185. The minimum Gasteiger partial charge on any atom is -0.469 e. The van der Waals surface area contributed by atoms with E-state index < -0.39 is 0 Å². The Morgan fingerprint density at radius 3 is 2.67 bits per heavy atom. The molecule has 0 aromatic rings. The highest BCUT2D eigenvalue weighted by molar-refractivity contribution is 5.72. The molecule has 0 bridgehead atoms. The van der Waals surface area contributed by atoms with Gasteiger partial charge < -0.3 is 10.1 Å². The Balaban J connectivity index is 2.41. The monoisotopic (exact) mass is 171 g/mol. The second-order valence-corrected chi connectivity index (χ2v) is 4.02. The van der Waals surface area contributed by atoms with Crippen LogP contribution in [0.3, 0.4) is 0 Å². The zero-order chi connectivity index (χ0) is 9.19. The molecular formula is C9H17NO2. The van der Waals surface area contributed by atoms with Crippen molar-refractivity contribution >= 4 is 5.97 Å². The van der Waals surface area contributed by atoms with Gasteiger partial charge in [-0.15, -0.1) is 0 Å². The third-order valence-corrected chi connectivity index (χ3v) is 2.48. The molecule has 1 rings (SSSR count). The summed E-state index contributed by atoms with van der Waals surface area (Å²) in [6.45, 7) is 5.06. The number of methoxy groups -OCH3 is 1. The Labute approximate surface area is 73.5 Å². The molecule has 0 radical (unpaired) electrons. The Bertz CT molecular complexity index is 167. The molecule has 1 aliphatic heterocycles. The summed E-state index contributed by atoms with van der Waals surface area (Å²) < 4.78 is 4.68. The van der Waals surface area contributed by atoms with Crippen molar-refractivity contribution in [3.8, 4) is 0 Å². The van der Waals surface area contributed by atoms with Crippen LogP contribution in [0.2, 0.25) is 0 Å². The molecule has 0 aromatic heterocycles. The maximum absolute atomic E-state index is 11.1. The number of hydrogen-bond donors (Lipinski definition) is 1. The summed E-state index contributed by atoms with van der Waals surface area (Å²) in [4.78, 5) is 11.1. The van der Waals surface area contributed by atoms with E-state index in [1.54, 1.807) is 0 Å². The molecular weight excluding hydrogens is 154 g/mol. The van der Waals surface area contributed by atoms with Gasteiger partial charge in [-0.3, -0.25) is 4.79 Å². The first kappa shape index (κ1) is 9.52. The number of carbonyl (C=O) groups excluding carboxylic acids is 1. The van der Waals surface area contributed by atoms with Gasteiger partial charge in [0.05, 0.1) is 13.0 Å². The molecule has 1 atom stereocenters. The largest absolute Gasteiger partial charge is 0.469 e. The van der Waals surface area contributed by atoms with E-state index in [0.717, 1.165) is 19.4 Å². The van der Waals surface area contributed by atoms with E-state index in [4.69, 9.17) is 0 Å². The molecule has 70 valence electrons. The van der Waals surface area contributed by atoms with Crippen molar-refractivity contribution in [3.63, 3.8) is 0 Å². The van der Waals surface area contributed by atoms with Gasteiger partial charge in [-0.2, -0.15) is 0 Å². The predicted molar refractivity (Wildman–Crippen MR) is 46.8 cm³/mol. The van der Waals surface area contributed by atoms with Crippen molar-refractivity contribution in [2.24, 2.45) is 5.92 Å². The van der Waals surface area contributed by atoms with E-state index >= 15 is 0 Å². The quantitative estimate of drug-likeness (QED) is 0.597. The molecule has 0 amide bonds. The van der Waals surface area contributed by atoms with Gasteiger partial charge in [-0.1, -0.05) is 0 Å². The second kappa shape index (κ2) is 3.44. The standard InChI is InChI=1S/C9H17NO2/c1-9(2)5-4-7(6-10-9)8(11)12-3/h7,10H,4-6H2,1-3H3/t7-/m0/s1. The molecule has 1 fully saturated rings. The Morgan fingerprint density at radius 1 is 1.58 bits per heavy atom. The van der Waals surface area contributed by atoms with E-state index in [2.05, 4.69) is 23.9 Å². The van der Waals surface area contributed by atoms with Gasteiger partial charge in [0.1, 0.15) is 0 Å². The fourth-order valence-electron chi connectivity index (χ4n) is 1.49. The lowest BCUT2D eigenvalue weighted by molar-refractivity contribution is -0.146. The van der Waals surface area contributed by atoms with Crippen molar-refractivity contribution < 1.29 is 9.53 Å². The van der Waals surface area contributed by atoms with Gasteiger partial charge in [0.15, 0.2) is 0 Å². The van der Waals surface area contributed by atoms with Crippen LogP contribution in [0.1, 0.15) is 26.7 Å². The molecule has 1 heterocycles. The summed E-state index contributed by atoms with van der Waals surface area (Å²) in [5.74, 6) is -0.0268. The Kier molecular flexibility index (Phi) is 2.73. The summed E-state index contributed by atoms with van der Waals surface area (Å²) in [6.07, 6.45) is 1.97. The van der Waals surface area contributed by atoms with E-state index in [1.165, 1.54) is 7.11 Å². The van der Waals surface area contributed by atoms with Crippen LogP contribution in [0, 0.1) is 5.92 Å². The topological polar surface area (TPSA) is 38.3 Å². The highest BCUT2D eigenvalue weighted by Crippen LogP contribution is 2.22. The molecule has 1 N–H and O–H groups in total. The number of ether oxygens (including phenoxy) is 1. The fourth-order valence-corrected chi connectivity index (χ4v) is 1.49. The molecule has 0 spiro atoms. The summed E-state index contributed by atoms with van der Waals surface area (Å²) in [5, 5.41) is 3.32. The van der Waals surface area contributed by atoms with E-state index in [0.29, 0.717) is 0 Å². The van der Waals surface area contributed by atoms with E-state index in [1.807, 2.05) is 0 Å². The Morgan fingerprint density at radius 2 is 2.25 bits per heavy atom. The third kappa shape index (κ3) is 2.21. The molecule has 3 heteroatoms. The van der Waals surface area contributed by atoms with E-state index in [-0.39, 0.29) is 17.4 Å². The number of rotatable bonds is 1. The fraction of sp³-hybridized carbons (Fsp3) is 0.889. The molecule has 0 saturated carbocycles. The number of hydrogen-bond acceptors (Lipinski definition) is 3. The predicted octanol–water partition coefficient (Wildman–Crippen LogP) is 0.938. The minimum absolute atomic E-state index is 0.0584. The van der Waals surface area contributed by atoms with Gasteiger partial charge >= 0.3 is 5.97 Å². The highest BCUT2D eigenvalue weighted by atomic mass is 16.5. The van der Waals surface area contributed by atoms with Crippen molar-refractivity contribution in [2.75, 3.05) is 13.7 Å². The van der Waals surface area contributed by atoms with Crippen LogP contribution in [0.25, 0.3) is 0 Å². The minimum atomic E-state index is -0.0852. The second-order valence-electron chi connectivity index (χ2n) is 4.02. The van der Waals surface area contributed by atoms with Crippen molar-refractivity contribution in [1.82, 2.24) is 5.32 Å². The average Bonchev–Trinajstić information content (AvgIpc) is 2.03. The lowest BCUT2D eigenvalue weighted by Gasteiger charge is -2.34. The van der Waals surface area contributed by atoms with Crippen LogP contribution in [0.4, 0.5) is 0 Å². The lowest BCUT2D eigenvalue weighted by atomic mass is 9.87. The number of carbonyl (C=O) groups is 1. The lowest BCUT2D eigenvalue weighted by Crippen LogP contribution is -2.48. The summed E-state index contributed by atoms with van der Waals surface area (Å²) in [7, 11) is 1.45. The first-order chi connectivity index (χ1) is 5.55. The normalized spacial score (nSPS) is 28.1. The first-order valence-electron chi connectivity index (χ1n) is 4.38. The maximum atomic E-state index is 11.1. The van der Waals surface area contributed by atoms with Crippen LogP contribution >= 0.6 is 0 Å². The van der Waals surface area contributed by atoms with Gasteiger partial charge in [0, 0.05) is 12.1 Å². The zero-order valence-corrected chi connectivity index (χ0v) is 8.02. The van der Waals surface area contributed by atoms with Crippen LogP contribution in [0.5, 0.6) is 0 Å². The van der Waals surface area contributed by atoms with Crippen molar-refractivity contribution in [3.05, 3.63) is 0 Å². The maximum Gasteiger partial charge on any atom is 0.309 e. The smallest absolute Gasteiger partial charge is 0.309 e. The molecule has 12 heavy (non-hydrogen) atoms. The van der Waals surface area contributed by atoms with Crippen LogP contribution in [-0.2, 0) is 9.53 Å². The number of piperidine rings is 1. The van der Waals surface area contributed by atoms with Crippen molar-refractivity contribution in [1.29, 1.82) is 0 Å². The molecule has 1 aliphatic rings. The Hall–Kier alpha value is -0.570. The number of nitrogens with one attached hydrogen (secondary N) is 1. The van der Waals surface area contributed by atoms with Gasteiger partial charge in [-0.05, 0) is 26.7 Å². The van der Waals surface area contributed by atoms with Crippen LogP contribution in [0.15, 0.2) is 0 Å². The molecule has 1 saturated heterocycles. The third-order valence-electron chi connectivity index (χ3n) is 2.48. The SMILES string of the molecule is COC(=O)[C@H]1CCC(C)(C)NC1.